The van der Waals surface area contributed by atoms with E-state index in [1.54, 1.807) is 38.2 Å². The average Bonchev–Trinajstić information content (AvgIpc) is 2.88. The Morgan fingerprint density at radius 1 is 1.14 bits per heavy atom. The third kappa shape index (κ3) is 4.09. The molecule has 0 aliphatic carbocycles. The Labute approximate surface area is 179 Å². The molecule has 29 heavy (non-hydrogen) atoms. The van der Waals surface area contributed by atoms with Gasteiger partial charge in [-0.05, 0) is 42.7 Å². The molecule has 0 bridgehead atoms. The summed E-state index contributed by atoms with van der Waals surface area (Å²) < 4.78 is 0. The molecule has 2 aromatic carbocycles. The van der Waals surface area contributed by atoms with Crippen molar-refractivity contribution in [1.82, 2.24) is 15.1 Å². The Balaban J connectivity index is 1.73. The first kappa shape index (κ1) is 21.1. The van der Waals surface area contributed by atoms with Crippen molar-refractivity contribution < 1.29 is 14.4 Å². The largest absolute Gasteiger partial charge is 0.340 e. The first-order valence-corrected chi connectivity index (χ1v) is 9.77. The van der Waals surface area contributed by atoms with E-state index in [9.17, 15) is 14.4 Å². The highest BCUT2D eigenvalue weighted by Crippen LogP contribution is 2.31. The number of aryl methyl sites for hydroxylation is 1. The molecule has 0 aromatic heterocycles. The number of imide groups is 1. The predicted molar refractivity (Wildman–Crippen MR) is 112 cm³/mol. The zero-order valence-electron chi connectivity index (χ0n) is 16.3. The van der Waals surface area contributed by atoms with Gasteiger partial charge in [-0.3, -0.25) is 14.5 Å². The van der Waals surface area contributed by atoms with Gasteiger partial charge in [-0.15, -0.1) is 0 Å². The molecule has 4 amide bonds. The highest BCUT2D eigenvalue weighted by Gasteiger charge is 2.50. The second-order valence-electron chi connectivity index (χ2n) is 7.26. The van der Waals surface area contributed by atoms with Crippen molar-refractivity contribution in [3.8, 4) is 0 Å². The van der Waals surface area contributed by atoms with E-state index in [2.05, 4.69) is 5.32 Å². The summed E-state index contributed by atoms with van der Waals surface area (Å²) >= 11 is 11.9. The maximum absolute atomic E-state index is 13.0. The first-order valence-electron chi connectivity index (χ1n) is 9.01. The SMILES string of the molecule is Cc1ccccc1C1(C)NC(=O)N(CC(=O)N(C)Cc2ccc(Cl)c(Cl)c2)C1=O. The number of urea groups is 1. The maximum atomic E-state index is 13.0. The molecule has 1 fully saturated rings. The van der Waals surface area contributed by atoms with E-state index >= 15 is 0 Å². The summed E-state index contributed by atoms with van der Waals surface area (Å²) in [5, 5.41) is 3.56. The van der Waals surface area contributed by atoms with Crippen molar-refractivity contribution in [3.05, 3.63) is 69.2 Å². The first-order chi connectivity index (χ1) is 13.6. The number of carbonyl (C=O) groups excluding carboxylic acids is 3. The molecular weight excluding hydrogens is 413 g/mol. The molecule has 8 heteroatoms. The molecule has 1 atom stereocenters. The lowest BCUT2D eigenvalue weighted by atomic mass is 9.88. The number of likely N-dealkylation sites (N-methyl/N-ethyl adjacent to an activating group) is 1. The normalized spacial score (nSPS) is 18.7. The number of carbonyl (C=O) groups is 3. The van der Waals surface area contributed by atoms with Crippen LogP contribution in [0.3, 0.4) is 0 Å². The minimum Gasteiger partial charge on any atom is -0.340 e. The van der Waals surface area contributed by atoms with Crippen LogP contribution >= 0.6 is 23.2 Å². The second kappa shape index (κ2) is 8.05. The molecule has 1 aliphatic rings. The molecule has 0 spiro atoms. The Kier molecular flexibility index (Phi) is 5.87. The van der Waals surface area contributed by atoms with E-state index in [1.807, 2.05) is 25.1 Å². The van der Waals surface area contributed by atoms with E-state index in [4.69, 9.17) is 23.2 Å². The van der Waals surface area contributed by atoms with Crippen molar-refractivity contribution in [1.29, 1.82) is 0 Å². The molecule has 6 nitrogen and oxygen atoms in total. The van der Waals surface area contributed by atoms with Crippen LogP contribution in [0.2, 0.25) is 10.0 Å². The van der Waals surface area contributed by atoms with E-state index in [0.29, 0.717) is 15.6 Å². The van der Waals surface area contributed by atoms with Crippen LogP contribution in [0.25, 0.3) is 0 Å². The van der Waals surface area contributed by atoms with Crippen LogP contribution in [-0.2, 0) is 21.7 Å². The van der Waals surface area contributed by atoms with Crippen LogP contribution in [0, 0.1) is 6.92 Å². The number of rotatable bonds is 5. The number of hydrogen-bond acceptors (Lipinski definition) is 3. The zero-order chi connectivity index (χ0) is 21.3. The molecule has 2 aromatic rings. The van der Waals surface area contributed by atoms with E-state index in [-0.39, 0.29) is 19.0 Å². The summed E-state index contributed by atoms with van der Waals surface area (Å²) in [6.07, 6.45) is 0. The molecule has 1 unspecified atom stereocenters. The van der Waals surface area contributed by atoms with Gasteiger partial charge < -0.3 is 10.2 Å². The Morgan fingerprint density at radius 2 is 1.83 bits per heavy atom. The van der Waals surface area contributed by atoms with Crippen LogP contribution in [-0.4, -0.2) is 41.2 Å². The third-order valence-corrected chi connectivity index (χ3v) is 5.82. The maximum Gasteiger partial charge on any atom is 0.325 e. The molecule has 1 saturated heterocycles. The summed E-state index contributed by atoms with van der Waals surface area (Å²) in [5.41, 5.74) is 1.17. The Morgan fingerprint density at radius 3 is 2.48 bits per heavy atom. The Hall–Kier alpha value is -2.57. The van der Waals surface area contributed by atoms with Gasteiger partial charge in [0.25, 0.3) is 5.91 Å². The lowest BCUT2D eigenvalue weighted by molar-refractivity contribution is -0.138. The van der Waals surface area contributed by atoms with E-state index < -0.39 is 17.5 Å². The topological polar surface area (TPSA) is 69.7 Å². The van der Waals surface area contributed by atoms with Gasteiger partial charge in [-0.1, -0.05) is 53.5 Å². The van der Waals surface area contributed by atoms with Gasteiger partial charge in [0, 0.05) is 13.6 Å². The molecule has 0 radical (unpaired) electrons. The fraction of sp³-hybridized carbons (Fsp3) is 0.286. The number of nitrogens with one attached hydrogen (secondary N) is 1. The monoisotopic (exact) mass is 433 g/mol. The molecular formula is C21H21Cl2N3O3. The van der Waals surface area contributed by atoms with E-state index in [0.717, 1.165) is 16.0 Å². The second-order valence-corrected chi connectivity index (χ2v) is 8.07. The van der Waals surface area contributed by atoms with Crippen molar-refractivity contribution >= 4 is 41.0 Å². The van der Waals surface area contributed by atoms with Gasteiger partial charge in [0.05, 0.1) is 10.0 Å². The minimum absolute atomic E-state index is 0.272. The highest BCUT2D eigenvalue weighted by molar-refractivity contribution is 6.42. The number of halogens is 2. The van der Waals surface area contributed by atoms with Crippen LogP contribution in [0.1, 0.15) is 23.6 Å². The van der Waals surface area contributed by atoms with Gasteiger partial charge in [0.1, 0.15) is 12.1 Å². The summed E-state index contributed by atoms with van der Waals surface area (Å²) in [6, 6.07) is 11.9. The standard InChI is InChI=1S/C21H21Cl2N3O3/c1-13-6-4-5-7-15(13)21(2)19(28)26(20(29)24-21)12-18(27)25(3)11-14-8-9-16(22)17(23)10-14/h4-10H,11-12H2,1-3H3,(H,24,29). The minimum atomic E-state index is -1.20. The molecule has 1 N–H and O–H groups in total. The fourth-order valence-corrected chi connectivity index (χ4v) is 3.73. The fourth-order valence-electron chi connectivity index (χ4n) is 3.41. The molecule has 1 aliphatic heterocycles. The van der Waals surface area contributed by atoms with Crippen LogP contribution < -0.4 is 5.32 Å². The summed E-state index contributed by atoms with van der Waals surface area (Å²) in [4.78, 5) is 40.5. The lowest BCUT2D eigenvalue weighted by Crippen LogP contribution is -2.43. The van der Waals surface area contributed by atoms with Crippen molar-refractivity contribution in [3.63, 3.8) is 0 Å². The smallest absolute Gasteiger partial charge is 0.325 e. The summed E-state index contributed by atoms with van der Waals surface area (Å²) in [5.74, 6) is -0.818. The quantitative estimate of drug-likeness (QED) is 0.730. The van der Waals surface area contributed by atoms with Crippen molar-refractivity contribution in [2.75, 3.05) is 13.6 Å². The lowest BCUT2D eigenvalue weighted by Gasteiger charge is -2.24. The molecule has 1 heterocycles. The number of nitrogens with zero attached hydrogens (tertiary/aromatic N) is 2. The van der Waals surface area contributed by atoms with Gasteiger partial charge in [0.2, 0.25) is 5.91 Å². The molecule has 0 saturated carbocycles. The molecule has 3 rings (SSSR count). The van der Waals surface area contributed by atoms with Gasteiger partial charge in [-0.25, -0.2) is 4.79 Å². The van der Waals surface area contributed by atoms with Gasteiger partial charge in [-0.2, -0.15) is 0 Å². The van der Waals surface area contributed by atoms with E-state index in [1.165, 1.54) is 4.90 Å². The zero-order valence-corrected chi connectivity index (χ0v) is 17.8. The number of hydrogen-bond donors (Lipinski definition) is 1. The molecule has 152 valence electrons. The summed E-state index contributed by atoms with van der Waals surface area (Å²) in [6.45, 7) is 3.46. The number of benzene rings is 2. The van der Waals surface area contributed by atoms with Crippen LogP contribution in [0.15, 0.2) is 42.5 Å². The van der Waals surface area contributed by atoms with Crippen LogP contribution in [0.5, 0.6) is 0 Å². The summed E-state index contributed by atoms with van der Waals surface area (Å²) in [7, 11) is 1.60. The van der Waals surface area contributed by atoms with Crippen molar-refractivity contribution in [2.24, 2.45) is 0 Å². The number of amides is 4. The third-order valence-electron chi connectivity index (χ3n) is 5.08. The predicted octanol–water partition coefficient (Wildman–Crippen LogP) is 3.73. The highest BCUT2D eigenvalue weighted by atomic mass is 35.5. The average molecular weight is 434 g/mol. The van der Waals surface area contributed by atoms with Crippen molar-refractivity contribution in [2.45, 2.75) is 25.9 Å². The van der Waals surface area contributed by atoms with Gasteiger partial charge >= 0.3 is 6.03 Å². The van der Waals surface area contributed by atoms with Gasteiger partial charge in [0.15, 0.2) is 0 Å². The van der Waals surface area contributed by atoms with Crippen LogP contribution in [0.4, 0.5) is 4.79 Å². The Bertz CT molecular complexity index is 995.